The maximum absolute atomic E-state index is 12.6. The van der Waals surface area contributed by atoms with Gasteiger partial charge in [-0.1, -0.05) is 54.6 Å². The number of nitrogens with one attached hydrogen (secondary N) is 1. The number of rotatable bonds is 5. The standard InChI is InChI=1S/C19H19NO4/c21-18(17-15-9-5-4-8-14(15)10-11-24-17)20-16(19(22)23)12-13-6-2-1-3-7-13/h1-9,16-17H,10-12H2,(H,20,21)(H,22,23)/t16-,17?/m0/s1. The first-order valence-corrected chi connectivity index (χ1v) is 7.91. The summed E-state index contributed by atoms with van der Waals surface area (Å²) in [6, 6.07) is 15.8. The van der Waals surface area contributed by atoms with Crippen LogP contribution in [0.15, 0.2) is 54.6 Å². The molecule has 0 aliphatic carbocycles. The predicted molar refractivity (Wildman–Crippen MR) is 88.6 cm³/mol. The molecule has 1 heterocycles. The van der Waals surface area contributed by atoms with Crippen molar-refractivity contribution in [2.45, 2.75) is 25.0 Å². The smallest absolute Gasteiger partial charge is 0.326 e. The van der Waals surface area contributed by atoms with Gasteiger partial charge in [0.15, 0.2) is 6.10 Å². The summed E-state index contributed by atoms with van der Waals surface area (Å²) in [4.78, 5) is 24.1. The zero-order chi connectivity index (χ0) is 16.9. The maximum atomic E-state index is 12.6. The van der Waals surface area contributed by atoms with E-state index in [2.05, 4.69) is 5.32 Å². The Morgan fingerprint density at radius 2 is 1.83 bits per heavy atom. The molecule has 5 heteroatoms. The second-order valence-corrected chi connectivity index (χ2v) is 5.79. The summed E-state index contributed by atoms with van der Waals surface area (Å²) < 4.78 is 5.59. The molecule has 0 spiro atoms. The number of carbonyl (C=O) groups excluding carboxylic acids is 1. The number of amides is 1. The molecule has 1 unspecified atom stereocenters. The van der Waals surface area contributed by atoms with Crippen LogP contribution in [0.5, 0.6) is 0 Å². The maximum Gasteiger partial charge on any atom is 0.326 e. The van der Waals surface area contributed by atoms with Crippen molar-refractivity contribution in [1.29, 1.82) is 0 Å². The Balaban J connectivity index is 1.74. The van der Waals surface area contributed by atoms with Crippen LogP contribution in [0.2, 0.25) is 0 Å². The molecule has 1 aliphatic heterocycles. The fourth-order valence-corrected chi connectivity index (χ4v) is 2.91. The minimum Gasteiger partial charge on any atom is -0.480 e. The van der Waals surface area contributed by atoms with Gasteiger partial charge >= 0.3 is 5.97 Å². The van der Waals surface area contributed by atoms with Crippen LogP contribution in [0, 0.1) is 0 Å². The van der Waals surface area contributed by atoms with Crippen molar-refractivity contribution in [2.75, 3.05) is 6.61 Å². The van der Waals surface area contributed by atoms with E-state index in [4.69, 9.17) is 4.74 Å². The number of aliphatic carboxylic acids is 1. The summed E-state index contributed by atoms with van der Waals surface area (Å²) in [6.07, 6.45) is 0.232. The molecule has 2 aromatic carbocycles. The minimum atomic E-state index is -1.06. The lowest BCUT2D eigenvalue weighted by Gasteiger charge is -2.26. The van der Waals surface area contributed by atoms with Gasteiger partial charge in [0, 0.05) is 6.42 Å². The van der Waals surface area contributed by atoms with Gasteiger partial charge in [0.25, 0.3) is 5.91 Å². The average Bonchev–Trinajstić information content (AvgIpc) is 2.61. The highest BCUT2D eigenvalue weighted by Crippen LogP contribution is 2.27. The number of benzene rings is 2. The summed E-state index contributed by atoms with van der Waals surface area (Å²) in [6.45, 7) is 0.450. The molecule has 3 rings (SSSR count). The van der Waals surface area contributed by atoms with Crippen LogP contribution in [-0.4, -0.2) is 29.6 Å². The summed E-state index contributed by atoms with van der Waals surface area (Å²) in [7, 11) is 0. The van der Waals surface area contributed by atoms with Gasteiger partial charge in [0.1, 0.15) is 6.04 Å². The quantitative estimate of drug-likeness (QED) is 0.883. The Kier molecular flexibility index (Phi) is 4.91. The lowest BCUT2D eigenvalue weighted by atomic mass is 9.96. The van der Waals surface area contributed by atoms with E-state index >= 15 is 0 Å². The first-order chi connectivity index (χ1) is 11.6. The van der Waals surface area contributed by atoms with Gasteiger partial charge in [-0.05, 0) is 23.1 Å². The van der Waals surface area contributed by atoms with Crippen LogP contribution in [-0.2, 0) is 27.2 Å². The van der Waals surface area contributed by atoms with Crippen LogP contribution in [0.3, 0.4) is 0 Å². The monoisotopic (exact) mass is 325 g/mol. The predicted octanol–water partition coefficient (Wildman–Crippen LogP) is 2.11. The van der Waals surface area contributed by atoms with E-state index in [9.17, 15) is 14.7 Å². The first-order valence-electron chi connectivity index (χ1n) is 7.91. The molecule has 5 nitrogen and oxygen atoms in total. The zero-order valence-electron chi connectivity index (χ0n) is 13.1. The van der Waals surface area contributed by atoms with Crippen molar-refractivity contribution in [2.24, 2.45) is 0 Å². The normalized spacial score (nSPS) is 17.6. The van der Waals surface area contributed by atoms with E-state index < -0.39 is 24.0 Å². The molecule has 0 bridgehead atoms. The molecule has 124 valence electrons. The van der Waals surface area contributed by atoms with Crippen LogP contribution >= 0.6 is 0 Å². The number of carboxylic acid groups (broad SMARTS) is 1. The molecular weight excluding hydrogens is 306 g/mol. The second-order valence-electron chi connectivity index (χ2n) is 5.79. The van der Waals surface area contributed by atoms with E-state index in [-0.39, 0.29) is 6.42 Å². The fraction of sp³-hybridized carbons (Fsp3) is 0.263. The molecule has 2 N–H and O–H groups in total. The van der Waals surface area contributed by atoms with Crippen molar-refractivity contribution >= 4 is 11.9 Å². The number of ether oxygens (including phenoxy) is 1. The van der Waals surface area contributed by atoms with Crippen LogP contribution in [0.25, 0.3) is 0 Å². The van der Waals surface area contributed by atoms with Gasteiger partial charge in [-0.2, -0.15) is 0 Å². The highest BCUT2D eigenvalue weighted by Gasteiger charge is 2.30. The molecular formula is C19H19NO4. The molecule has 2 atom stereocenters. The Morgan fingerprint density at radius 1 is 1.12 bits per heavy atom. The van der Waals surface area contributed by atoms with E-state index in [1.807, 2.05) is 54.6 Å². The number of carbonyl (C=O) groups is 2. The zero-order valence-corrected chi connectivity index (χ0v) is 13.1. The van der Waals surface area contributed by atoms with Crippen LogP contribution in [0.1, 0.15) is 22.8 Å². The number of fused-ring (bicyclic) bond motifs is 1. The first kappa shape index (κ1) is 16.2. The summed E-state index contributed by atoms with van der Waals surface area (Å²) in [5.74, 6) is -1.47. The number of hydrogen-bond donors (Lipinski definition) is 2. The van der Waals surface area contributed by atoms with E-state index in [1.54, 1.807) is 0 Å². The lowest BCUT2D eigenvalue weighted by Crippen LogP contribution is -2.45. The van der Waals surface area contributed by atoms with E-state index in [1.165, 1.54) is 0 Å². The number of carboxylic acids is 1. The van der Waals surface area contributed by atoms with Gasteiger partial charge in [0.05, 0.1) is 6.61 Å². The molecule has 2 aromatic rings. The van der Waals surface area contributed by atoms with Gasteiger partial charge < -0.3 is 15.2 Å². The van der Waals surface area contributed by atoms with Crippen molar-refractivity contribution in [3.05, 3.63) is 71.3 Å². The summed E-state index contributed by atoms with van der Waals surface area (Å²) in [5, 5.41) is 12.0. The van der Waals surface area contributed by atoms with Crippen LogP contribution < -0.4 is 5.32 Å². The Morgan fingerprint density at radius 3 is 2.58 bits per heavy atom. The van der Waals surface area contributed by atoms with Crippen LogP contribution in [0.4, 0.5) is 0 Å². The Bertz CT molecular complexity index is 729. The second kappa shape index (κ2) is 7.27. The summed E-state index contributed by atoms with van der Waals surface area (Å²) in [5.41, 5.74) is 2.74. The van der Waals surface area contributed by atoms with Crippen molar-refractivity contribution in [3.63, 3.8) is 0 Å². The third-order valence-corrected chi connectivity index (χ3v) is 4.13. The molecule has 0 aromatic heterocycles. The van der Waals surface area contributed by atoms with Crippen molar-refractivity contribution in [1.82, 2.24) is 5.32 Å². The Labute approximate surface area is 140 Å². The third kappa shape index (κ3) is 3.63. The fourth-order valence-electron chi connectivity index (χ4n) is 2.91. The molecule has 1 aliphatic rings. The Hall–Kier alpha value is -2.66. The SMILES string of the molecule is O=C(N[C@@H](Cc1ccccc1)C(=O)O)C1OCCc2ccccc21. The van der Waals surface area contributed by atoms with Gasteiger partial charge in [-0.25, -0.2) is 4.79 Å². The van der Waals surface area contributed by atoms with Gasteiger partial charge in [0.2, 0.25) is 0 Å². The molecule has 1 amide bonds. The summed E-state index contributed by atoms with van der Waals surface area (Å²) >= 11 is 0. The van der Waals surface area contributed by atoms with E-state index in [0.717, 1.165) is 23.1 Å². The highest BCUT2D eigenvalue weighted by atomic mass is 16.5. The van der Waals surface area contributed by atoms with Crippen molar-refractivity contribution in [3.8, 4) is 0 Å². The molecule has 0 saturated carbocycles. The molecule has 0 fully saturated rings. The van der Waals surface area contributed by atoms with Gasteiger partial charge in [-0.3, -0.25) is 4.79 Å². The lowest BCUT2D eigenvalue weighted by molar-refractivity contribution is -0.144. The minimum absolute atomic E-state index is 0.232. The van der Waals surface area contributed by atoms with Gasteiger partial charge in [-0.15, -0.1) is 0 Å². The molecule has 0 radical (unpaired) electrons. The molecule has 24 heavy (non-hydrogen) atoms. The average molecular weight is 325 g/mol. The third-order valence-electron chi connectivity index (χ3n) is 4.13. The molecule has 0 saturated heterocycles. The van der Waals surface area contributed by atoms with E-state index in [0.29, 0.717) is 6.61 Å². The topological polar surface area (TPSA) is 75.6 Å². The number of hydrogen-bond acceptors (Lipinski definition) is 3. The highest BCUT2D eigenvalue weighted by molar-refractivity contribution is 5.87. The van der Waals surface area contributed by atoms with Crippen molar-refractivity contribution < 1.29 is 19.4 Å². The largest absolute Gasteiger partial charge is 0.480 e.